The summed E-state index contributed by atoms with van der Waals surface area (Å²) in [6.45, 7) is 0. The van der Waals surface area contributed by atoms with Crippen molar-refractivity contribution in [1.82, 2.24) is 4.90 Å². The van der Waals surface area contributed by atoms with Gasteiger partial charge in [-0.3, -0.25) is 4.90 Å². The van der Waals surface area contributed by atoms with Crippen molar-refractivity contribution in [2.75, 3.05) is 14.1 Å². The van der Waals surface area contributed by atoms with Gasteiger partial charge in [0.15, 0.2) is 0 Å². The van der Waals surface area contributed by atoms with Gasteiger partial charge in [0.25, 0.3) is 0 Å². The summed E-state index contributed by atoms with van der Waals surface area (Å²) < 4.78 is 0. The van der Waals surface area contributed by atoms with E-state index in [1.54, 1.807) is 0 Å². The molecule has 1 fully saturated rings. The summed E-state index contributed by atoms with van der Waals surface area (Å²) in [5, 5.41) is 9.10. The Hall–Kier alpha value is -1.33. The van der Waals surface area contributed by atoms with Crippen LogP contribution in [0.25, 0.3) is 0 Å². The van der Waals surface area contributed by atoms with Crippen molar-refractivity contribution in [1.29, 1.82) is 5.26 Å². The van der Waals surface area contributed by atoms with E-state index in [0.717, 1.165) is 11.5 Å². The molecule has 2 nitrogen and oxygen atoms in total. The molecule has 0 N–H and O–H groups in total. The fourth-order valence-electron chi connectivity index (χ4n) is 1.89. The maximum Gasteiger partial charge on any atom is 0.123 e. The lowest BCUT2D eigenvalue weighted by Crippen LogP contribution is -2.18. The summed E-state index contributed by atoms with van der Waals surface area (Å²) in [5.74, 6) is 0.756. The van der Waals surface area contributed by atoms with Crippen molar-refractivity contribution >= 4 is 0 Å². The molecule has 1 aliphatic rings. The number of nitrogens with zero attached hydrogens (tertiary/aromatic N) is 2. The maximum atomic E-state index is 9.10. The standard InChI is InChI=1S/C13H16N2/c1-15(2)13(9-14)12-5-3-4-11(8-12)10-6-7-10/h3-5,8,10,13H,6-7H2,1-2H3. The van der Waals surface area contributed by atoms with Gasteiger partial charge >= 0.3 is 0 Å². The van der Waals surface area contributed by atoms with E-state index in [-0.39, 0.29) is 6.04 Å². The highest BCUT2D eigenvalue weighted by Crippen LogP contribution is 2.40. The van der Waals surface area contributed by atoms with Gasteiger partial charge in [-0.25, -0.2) is 0 Å². The third-order valence-corrected chi connectivity index (χ3v) is 2.91. The first-order valence-electron chi connectivity index (χ1n) is 5.38. The van der Waals surface area contributed by atoms with Crippen LogP contribution in [-0.2, 0) is 0 Å². The zero-order valence-electron chi connectivity index (χ0n) is 9.27. The monoisotopic (exact) mass is 200 g/mol. The first-order valence-corrected chi connectivity index (χ1v) is 5.38. The molecule has 1 aromatic rings. The Morgan fingerprint density at radius 2 is 2.13 bits per heavy atom. The van der Waals surface area contributed by atoms with Crippen molar-refractivity contribution in [2.24, 2.45) is 0 Å². The van der Waals surface area contributed by atoms with Crippen LogP contribution >= 0.6 is 0 Å². The molecule has 1 unspecified atom stereocenters. The largest absolute Gasteiger partial charge is 0.291 e. The van der Waals surface area contributed by atoms with Gasteiger partial charge in [-0.15, -0.1) is 0 Å². The molecule has 1 saturated carbocycles. The van der Waals surface area contributed by atoms with Crippen LogP contribution in [0.15, 0.2) is 24.3 Å². The molecular weight excluding hydrogens is 184 g/mol. The molecule has 0 saturated heterocycles. The van der Waals surface area contributed by atoms with Crippen LogP contribution in [0.3, 0.4) is 0 Å². The summed E-state index contributed by atoms with van der Waals surface area (Å²) in [7, 11) is 3.88. The van der Waals surface area contributed by atoms with E-state index in [2.05, 4.69) is 24.3 Å². The average Bonchev–Trinajstić information content (AvgIpc) is 3.02. The third-order valence-electron chi connectivity index (χ3n) is 2.91. The van der Waals surface area contributed by atoms with E-state index in [0.29, 0.717) is 0 Å². The highest BCUT2D eigenvalue weighted by Gasteiger charge is 2.24. The van der Waals surface area contributed by atoms with Crippen molar-refractivity contribution in [3.05, 3.63) is 35.4 Å². The Kier molecular flexibility index (Phi) is 2.75. The van der Waals surface area contributed by atoms with Gasteiger partial charge in [-0.2, -0.15) is 5.26 Å². The van der Waals surface area contributed by atoms with Crippen LogP contribution in [0.2, 0.25) is 0 Å². The summed E-state index contributed by atoms with van der Waals surface area (Å²) in [5.41, 5.74) is 2.52. The number of hydrogen-bond acceptors (Lipinski definition) is 2. The smallest absolute Gasteiger partial charge is 0.123 e. The fraction of sp³-hybridized carbons (Fsp3) is 0.462. The molecule has 0 spiro atoms. The van der Waals surface area contributed by atoms with Gasteiger partial charge in [-0.05, 0) is 44.0 Å². The number of benzene rings is 1. The van der Waals surface area contributed by atoms with Crippen LogP contribution in [0.4, 0.5) is 0 Å². The molecule has 0 aliphatic heterocycles. The van der Waals surface area contributed by atoms with E-state index in [1.807, 2.05) is 25.1 Å². The molecule has 2 heteroatoms. The molecule has 1 atom stereocenters. The van der Waals surface area contributed by atoms with E-state index < -0.39 is 0 Å². The zero-order valence-corrected chi connectivity index (χ0v) is 9.27. The summed E-state index contributed by atoms with van der Waals surface area (Å²) in [6, 6.07) is 10.7. The highest BCUT2D eigenvalue weighted by atomic mass is 15.1. The number of nitriles is 1. The fourth-order valence-corrected chi connectivity index (χ4v) is 1.89. The quantitative estimate of drug-likeness (QED) is 0.750. The van der Waals surface area contributed by atoms with Crippen LogP contribution in [0.5, 0.6) is 0 Å². The molecule has 0 radical (unpaired) electrons. The Labute approximate surface area is 91.1 Å². The molecular formula is C13H16N2. The second-order valence-electron chi connectivity index (χ2n) is 4.44. The Bertz CT molecular complexity index is 386. The van der Waals surface area contributed by atoms with Gasteiger partial charge in [0, 0.05) is 0 Å². The lowest BCUT2D eigenvalue weighted by molar-refractivity contribution is 0.358. The summed E-state index contributed by atoms with van der Waals surface area (Å²) in [6.07, 6.45) is 2.62. The normalized spacial score (nSPS) is 17.5. The molecule has 1 aliphatic carbocycles. The van der Waals surface area contributed by atoms with E-state index in [9.17, 15) is 0 Å². The van der Waals surface area contributed by atoms with Gasteiger partial charge in [-0.1, -0.05) is 24.3 Å². The van der Waals surface area contributed by atoms with Crippen LogP contribution in [-0.4, -0.2) is 19.0 Å². The minimum absolute atomic E-state index is 0.122. The van der Waals surface area contributed by atoms with Crippen molar-refractivity contribution < 1.29 is 0 Å². The minimum Gasteiger partial charge on any atom is -0.291 e. The maximum absolute atomic E-state index is 9.10. The molecule has 15 heavy (non-hydrogen) atoms. The number of hydrogen-bond donors (Lipinski definition) is 0. The predicted octanol–water partition coefficient (Wildman–Crippen LogP) is 2.69. The van der Waals surface area contributed by atoms with E-state index >= 15 is 0 Å². The SMILES string of the molecule is CN(C)C(C#N)c1cccc(C2CC2)c1. The number of rotatable bonds is 3. The topological polar surface area (TPSA) is 27.0 Å². The second-order valence-corrected chi connectivity index (χ2v) is 4.44. The first-order chi connectivity index (χ1) is 7.22. The molecule has 78 valence electrons. The molecule has 0 aromatic heterocycles. The van der Waals surface area contributed by atoms with Crippen molar-refractivity contribution in [3.8, 4) is 6.07 Å². The molecule has 0 bridgehead atoms. The zero-order chi connectivity index (χ0) is 10.8. The van der Waals surface area contributed by atoms with Gasteiger partial charge in [0.05, 0.1) is 6.07 Å². The average molecular weight is 200 g/mol. The van der Waals surface area contributed by atoms with Crippen LogP contribution in [0.1, 0.15) is 35.9 Å². The lowest BCUT2D eigenvalue weighted by Gasteiger charge is -2.18. The molecule has 2 rings (SSSR count). The Morgan fingerprint density at radius 3 is 2.67 bits per heavy atom. The van der Waals surface area contributed by atoms with Crippen molar-refractivity contribution in [3.63, 3.8) is 0 Å². The Morgan fingerprint density at radius 1 is 1.40 bits per heavy atom. The predicted molar refractivity (Wildman–Crippen MR) is 60.5 cm³/mol. The van der Waals surface area contributed by atoms with Crippen LogP contribution < -0.4 is 0 Å². The summed E-state index contributed by atoms with van der Waals surface area (Å²) >= 11 is 0. The highest BCUT2D eigenvalue weighted by molar-refractivity contribution is 5.33. The van der Waals surface area contributed by atoms with E-state index in [1.165, 1.54) is 18.4 Å². The molecule has 0 amide bonds. The van der Waals surface area contributed by atoms with Gasteiger partial charge < -0.3 is 0 Å². The van der Waals surface area contributed by atoms with Crippen LogP contribution in [0, 0.1) is 11.3 Å². The second kappa shape index (κ2) is 4.04. The van der Waals surface area contributed by atoms with E-state index in [4.69, 9.17) is 5.26 Å². The van der Waals surface area contributed by atoms with Gasteiger partial charge in [0.2, 0.25) is 0 Å². The molecule has 1 aromatic carbocycles. The summed E-state index contributed by atoms with van der Waals surface area (Å²) in [4.78, 5) is 1.95. The Balaban J connectivity index is 2.27. The molecule has 0 heterocycles. The first kappa shape index (κ1) is 10.2. The third kappa shape index (κ3) is 2.19. The lowest BCUT2D eigenvalue weighted by atomic mass is 10.0. The minimum atomic E-state index is -0.122. The van der Waals surface area contributed by atoms with Gasteiger partial charge in [0.1, 0.15) is 6.04 Å². The van der Waals surface area contributed by atoms with Crippen molar-refractivity contribution in [2.45, 2.75) is 24.8 Å².